The Hall–Kier alpha value is -1.63. The smallest absolute Gasteiger partial charge is 0.330 e. The van der Waals surface area contributed by atoms with Crippen LogP contribution in [0, 0.1) is 10.1 Å². The molecule has 0 saturated carbocycles. The summed E-state index contributed by atoms with van der Waals surface area (Å²) < 4.78 is 7.04. The average molecular weight is 254 g/mol. The largest absolute Gasteiger partial charge is 0.378 e. The predicted octanol–water partition coefficient (Wildman–Crippen LogP) is 1.70. The van der Waals surface area contributed by atoms with Gasteiger partial charge in [-0.05, 0) is 25.7 Å². The van der Waals surface area contributed by atoms with Gasteiger partial charge < -0.3 is 10.1 Å². The van der Waals surface area contributed by atoms with E-state index >= 15 is 0 Å². The van der Waals surface area contributed by atoms with Crippen molar-refractivity contribution in [2.24, 2.45) is 7.05 Å². The van der Waals surface area contributed by atoms with Gasteiger partial charge >= 0.3 is 5.69 Å². The Morgan fingerprint density at radius 3 is 3.17 bits per heavy atom. The van der Waals surface area contributed by atoms with Crippen molar-refractivity contribution in [3.05, 3.63) is 16.3 Å². The highest BCUT2D eigenvalue weighted by Crippen LogP contribution is 2.22. The van der Waals surface area contributed by atoms with Gasteiger partial charge in [0, 0.05) is 20.2 Å². The Morgan fingerprint density at radius 2 is 2.50 bits per heavy atom. The zero-order valence-corrected chi connectivity index (χ0v) is 10.5. The standard InChI is InChI=1S/C11H18N4O3/c1-14-8-10(15(16)17)11(13-14)12-6-5-9-4-2-3-7-18-9/h8-9H,2-7H2,1H3,(H,12,13). The molecule has 0 amide bonds. The third-order valence-corrected chi connectivity index (χ3v) is 3.04. The predicted molar refractivity (Wildman–Crippen MR) is 66.6 cm³/mol. The Morgan fingerprint density at radius 1 is 1.67 bits per heavy atom. The van der Waals surface area contributed by atoms with Gasteiger partial charge in [-0.3, -0.25) is 14.8 Å². The van der Waals surface area contributed by atoms with Crippen LogP contribution in [-0.4, -0.2) is 34.0 Å². The van der Waals surface area contributed by atoms with Crippen LogP contribution in [0.2, 0.25) is 0 Å². The molecular weight excluding hydrogens is 236 g/mol. The molecule has 1 aromatic rings. The molecule has 0 bridgehead atoms. The molecule has 1 saturated heterocycles. The lowest BCUT2D eigenvalue weighted by molar-refractivity contribution is -0.384. The molecule has 1 aliphatic rings. The van der Waals surface area contributed by atoms with Crippen molar-refractivity contribution in [1.29, 1.82) is 0 Å². The molecule has 0 aromatic carbocycles. The van der Waals surface area contributed by atoms with Crippen LogP contribution in [0.15, 0.2) is 6.20 Å². The van der Waals surface area contributed by atoms with E-state index < -0.39 is 4.92 Å². The summed E-state index contributed by atoms with van der Waals surface area (Å²) in [5.74, 6) is 0.332. The first-order valence-corrected chi connectivity index (χ1v) is 6.20. The minimum Gasteiger partial charge on any atom is -0.378 e. The molecule has 7 heteroatoms. The zero-order chi connectivity index (χ0) is 13.0. The maximum Gasteiger partial charge on any atom is 0.330 e. The molecule has 7 nitrogen and oxygen atoms in total. The van der Waals surface area contributed by atoms with E-state index in [1.54, 1.807) is 7.05 Å². The number of aromatic nitrogens is 2. The van der Waals surface area contributed by atoms with Crippen molar-refractivity contribution in [2.75, 3.05) is 18.5 Å². The summed E-state index contributed by atoms with van der Waals surface area (Å²) in [7, 11) is 1.67. The van der Waals surface area contributed by atoms with Gasteiger partial charge in [0.2, 0.25) is 5.82 Å². The van der Waals surface area contributed by atoms with Gasteiger partial charge in [0.1, 0.15) is 6.20 Å². The highest BCUT2D eigenvalue weighted by Gasteiger charge is 2.19. The fourth-order valence-electron chi connectivity index (χ4n) is 2.12. The Labute approximate surface area is 105 Å². The molecule has 2 rings (SSSR count). The van der Waals surface area contributed by atoms with E-state index in [1.807, 2.05) is 0 Å². The van der Waals surface area contributed by atoms with E-state index in [9.17, 15) is 10.1 Å². The maximum absolute atomic E-state index is 10.8. The van der Waals surface area contributed by atoms with Crippen molar-refractivity contribution in [3.8, 4) is 0 Å². The monoisotopic (exact) mass is 254 g/mol. The van der Waals surface area contributed by atoms with Gasteiger partial charge in [-0.15, -0.1) is 5.10 Å². The SMILES string of the molecule is Cn1cc([N+](=O)[O-])c(NCCC2CCCCO2)n1. The van der Waals surface area contributed by atoms with Gasteiger partial charge in [-0.1, -0.05) is 0 Å². The summed E-state index contributed by atoms with van der Waals surface area (Å²) in [4.78, 5) is 10.4. The highest BCUT2D eigenvalue weighted by molar-refractivity contribution is 5.54. The third kappa shape index (κ3) is 3.19. The number of hydrogen-bond acceptors (Lipinski definition) is 5. The minimum atomic E-state index is -0.424. The fraction of sp³-hybridized carbons (Fsp3) is 0.727. The third-order valence-electron chi connectivity index (χ3n) is 3.04. The number of ether oxygens (including phenoxy) is 1. The summed E-state index contributed by atoms with van der Waals surface area (Å²) in [6, 6.07) is 0. The van der Waals surface area contributed by atoms with Crippen LogP contribution in [-0.2, 0) is 11.8 Å². The van der Waals surface area contributed by atoms with Gasteiger partial charge in [0.25, 0.3) is 0 Å². The molecule has 1 atom stereocenters. The molecule has 1 unspecified atom stereocenters. The number of nitro groups is 1. The van der Waals surface area contributed by atoms with Crippen molar-refractivity contribution >= 4 is 11.5 Å². The summed E-state index contributed by atoms with van der Waals surface area (Å²) in [5, 5.41) is 17.8. The summed E-state index contributed by atoms with van der Waals surface area (Å²) in [6.07, 6.45) is 5.94. The molecular formula is C11H18N4O3. The molecule has 1 fully saturated rings. The van der Waals surface area contributed by atoms with Crippen molar-refractivity contribution in [3.63, 3.8) is 0 Å². The molecule has 1 aromatic heterocycles. The van der Waals surface area contributed by atoms with E-state index in [-0.39, 0.29) is 11.8 Å². The van der Waals surface area contributed by atoms with Crippen molar-refractivity contribution in [1.82, 2.24) is 9.78 Å². The molecule has 2 heterocycles. The first-order chi connectivity index (χ1) is 8.66. The molecule has 18 heavy (non-hydrogen) atoms. The second kappa shape index (κ2) is 5.81. The topological polar surface area (TPSA) is 82.2 Å². The molecule has 0 aliphatic carbocycles. The Balaban J connectivity index is 1.84. The normalized spacial score (nSPS) is 19.7. The van der Waals surface area contributed by atoms with Gasteiger partial charge in [0.15, 0.2) is 0 Å². The number of rotatable bonds is 5. The van der Waals surface area contributed by atoms with Gasteiger partial charge in [-0.2, -0.15) is 0 Å². The van der Waals surface area contributed by atoms with Gasteiger partial charge in [-0.25, -0.2) is 0 Å². The van der Waals surface area contributed by atoms with Crippen LogP contribution in [0.1, 0.15) is 25.7 Å². The number of anilines is 1. The van der Waals surface area contributed by atoms with Crippen molar-refractivity contribution < 1.29 is 9.66 Å². The quantitative estimate of drug-likeness (QED) is 0.638. The molecule has 1 aliphatic heterocycles. The van der Waals surface area contributed by atoms with Crippen LogP contribution in [0.5, 0.6) is 0 Å². The highest BCUT2D eigenvalue weighted by atomic mass is 16.6. The maximum atomic E-state index is 10.8. The lowest BCUT2D eigenvalue weighted by atomic mass is 10.1. The van der Waals surface area contributed by atoms with E-state index in [4.69, 9.17) is 4.74 Å². The number of aryl methyl sites for hydroxylation is 1. The van der Waals surface area contributed by atoms with Crippen LogP contribution < -0.4 is 5.32 Å². The Kier molecular flexibility index (Phi) is 4.14. The van der Waals surface area contributed by atoms with E-state index in [0.717, 1.165) is 25.9 Å². The van der Waals surface area contributed by atoms with Gasteiger partial charge in [0.05, 0.1) is 11.0 Å². The fourth-order valence-corrected chi connectivity index (χ4v) is 2.12. The summed E-state index contributed by atoms with van der Waals surface area (Å²) >= 11 is 0. The van der Waals surface area contributed by atoms with Crippen LogP contribution in [0.3, 0.4) is 0 Å². The zero-order valence-electron chi connectivity index (χ0n) is 10.5. The number of nitrogens with one attached hydrogen (secondary N) is 1. The number of nitrogens with zero attached hydrogens (tertiary/aromatic N) is 3. The summed E-state index contributed by atoms with van der Waals surface area (Å²) in [6.45, 7) is 1.47. The molecule has 100 valence electrons. The lowest BCUT2D eigenvalue weighted by Gasteiger charge is -2.22. The second-order valence-electron chi connectivity index (χ2n) is 4.50. The molecule has 0 spiro atoms. The molecule has 1 N–H and O–H groups in total. The van der Waals surface area contributed by atoms with E-state index in [2.05, 4.69) is 10.4 Å². The van der Waals surface area contributed by atoms with E-state index in [1.165, 1.54) is 17.3 Å². The lowest BCUT2D eigenvalue weighted by Crippen LogP contribution is -2.22. The summed E-state index contributed by atoms with van der Waals surface area (Å²) in [5.41, 5.74) is 0.0158. The van der Waals surface area contributed by atoms with Crippen LogP contribution in [0.4, 0.5) is 11.5 Å². The first-order valence-electron chi connectivity index (χ1n) is 6.20. The van der Waals surface area contributed by atoms with Crippen molar-refractivity contribution in [2.45, 2.75) is 31.8 Å². The average Bonchev–Trinajstić information content (AvgIpc) is 2.72. The number of hydrogen-bond donors (Lipinski definition) is 1. The minimum absolute atomic E-state index is 0.0158. The first kappa shape index (κ1) is 12.8. The Bertz CT molecular complexity index is 412. The van der Waals surface area contributed by atoms with Crippen LogP contribution in [0.25, 0.3) is 0 Å². The molecule has 0 radical (unpaired) electrons. The van der Waals surface area contributed by atoms with Crippen LogP contribution >= 0.6 is 0 Å². The second-order valence-corrected chi connectivity index (χ2v) is 4.50. The van der Waals surface area contributed by atoms with E-state index in [0.29, 0.717) is 12.4 Å².